The third kappa shape index (κ3) is 3.03. The summed E-state index contributed by atoms with van der Waals surface area (Å²) in [7, 11) is 1.56. The minimum atomic E-state index is -0.521. The van der Waals surface area contributed by atoms with E-state index < -0.39 is 10.5 Å². The molecule has 1 heterocycles. The van der Waals surface area contributed by atoms with Crippen LogP contribution in [-0.4, -0.2) is 14.5 Å². The summed E-state index contributed by atoms with van der Waals surface area (Å²) in [5, 5.41) is 11.5. The van der Waals surface area contributed by atoms with E-state index in [1.165, 1.54) is 22.4 Å². The van der Waals surface area contributed by atoms with Gasteiger partial charge in [-0.15, -0.1) is 11.8 Å². The molecule has 0 bridgehead atoms. The molecular weight excluding hydrogens is 326 g/mol. The third-order valence-electron chi connectivity index (χ3n) is 3.80. The highest BCUT2D eigenvalue weighted by molar-refractivity contribution is 7.98. The number of non-ortho nitro benzene ring substituents is 1. The van der Waals surface area contributed by atoms with Gasteiger partial charge in [-0.05, 0) is 18.6 Å². The SMILES string of the molecule is Cc1nc2cc(SCc3ccccc3)cc([N+](=O)[O-])c2c(=O)n1C. The standard InChI is InChI=1S/C17H15N3O3S/c1-11-18-14-8-13(24-10-12-6-4-3-5-7-12)9-15(20(22)23)16(14)17(21)19(11)2/h3-9H,10H2,1-2H3. The molecule has 0 saturated heterocycles. The number of hydrogen-bond donors (Lipinski definition) is 0. The number of hydrogen-bond acceptors (Lipinski definition) is 5. The van der Waals surface area contributed by atoms with E-state index in [0.29, 0.717) is 17.1 Å². The van der Waals surface area contributed by atoms with E-state index in [1.807, 2.05) is 30.3 Å². The Morgan fingerprint density at radius 3 is 2.62 bits per heavy atom. The van der Waals surface area contributed by atoms with Gasteiger partial charge < -0.3 is 0 Å². The summed E-state index contributed by atoms with van der Waals surface area (Å²) in [6.45, 7) is 1.70. The van der Waals surface area contributed by atoms with E-state index >= 15 is 0 Å². The highest BCUT2D eigenvalue weighted by Crippen LogP contribution is 2.31. The van der Waals surface area contributed by atoms with Gasteiger partial charge >= 0.3 is 0 Å². The Morgan fingerprint density at radius 2 is 1.96 bits per heavy atom. The normalized spacial score (nSPS) is 10.9. The van der Waals surface area contributed by atoms with Crippen molar-refractivity contribution in [3.63, 3.8) is 0 Å². The van der Waals surface area contributed by atoms with Gasteiger partial charge in [0.05, 0.1) is 10.4 Å². The minimum absolute atomic E-state index is 0.0529. The molecule has 0 aliphatic heterocycles. The van der Waals surface area contributed by atoms with Gasteiger partial charge in [-0.3, -0.25) is 19.5 Å². The van der Waals surface area contributed by atoms with E-state index in [0.717, 1.165) is 10.5 Å². The molecule has 0 spiro atoms. The van der Waals surface area contributed by atoms with Crippen LogP contribution in [0.5, 0.6) is 0 Å². The topological polar surface area (TPSA) is 78.0 Å². The molecule has 7 heteroatoms. The Kier molecular flexibility index (Phi) is 4.35. The third-order valence-corrected chi connectivity index (χ3v) is 4.85. The second-order valence-electron chi connectivity index (χ2n) is 5.39. The van der Waals surface area contributed by atoms with Crippen molar-refractivity contribution in [2.75, 3.05) is 0 Å². The lowest BCUT2D eigenvalue weighted by molar-refractivity contribution is -0.383. The first kappa shape index (κ1) is 16.2. The lowest BCUT2D eigenvalue weighted by Gasteiger charge is -2.08. The van der Waals surface area contributed by atoms with Gasteiger partial charge in [0, 0.05) is 23.8 Å². The number of aryl methyl sites for hydroxylation is 1. The smallest absolute Gasteiger partial charge is 0.285 e. The van der Waals surface area contributed by atoms with Gasteiger partial charge in [0.15, 0.2) is 0 Å². The summed E-state index contributed by atoms with van der Waals surface area (Å²) in [6.07, 6.45) is 0. The zero-order valence-corrected chi connectivity index (χ0v) is 14.0. The van der Waals surface area contributed by atoms with E-state index in [-0.39, 0.29) is 11.1 Å². The number of rotatable bonds is 4. The highest BCUT2D eigenvalue weighted by atomic mass is 32.2. The number of nitro groups is 1. The molecule has 3 aromatic rings. The lowest BCUT2D eigenvalue weighted by Crippen LogP contribution is -2.21. The number of nitrogens with zero attached hydrogens (tertiary/aromatic N) is 3. The predicted octanol–water partition coefficient (Wildman–Crippen LogP) is 3.44. The molecule has 24 heavy (non-hydrogen) atoms. The van der Waals surface area contributed by atoms with E-state index in [1.54, 1.807) is 20.0 Å². The molecule has 0 unspecified atom stereocenters. The highest BCUT2D eigenvalue weighted by Gasteiger charge is 2.20. The van der Waals surface area contributed by atoms with Crippen LogP contribution in [0.25, 0.3) is 10.9 Å². The number of benzene rings is 2. The number of fused-ring (bicyclic) bond motifs is 1. The first-order valence-corrected chi connectivity index (χ1v) is 8.28. The summed E-state index contributed by atoms with van der Waals surface area (Å²) in [5.74, 6) is 1.21. The van der Waals surface area contributed by atoms with Crippen molar-refractivity contribution in [2.24, 2.45) is 7.05 Å². The van der Waals surface area contributed by atoms with Crippen molar-refractivity contribution in [1.82, 2.24) is 9.55 Å². The summed E-state index contributed by atoms with van der Waals surface area (Å²) in [6, 6.07) is 13.0. The maximum atomic E-state index is 12.4. The lowest BCUT2D eigenvalue weighted by atomic mass is 10.2. The summed E-state index contributed by atoms with van der Waals surface area (Å²) in [4.78, 5) is 28.3. The van der Waals surface area contributed by atoms with Crippen molar-refractivity contribution in [3.8, 4) is 0 Å². The molecule has 122 valence electrons. The molecule has 0 N–H and O–H groups in total. The molecule has 3 rings (SSSR count). The maximum Gasteiger partial charge on any atom is 0.285 e. The van der Waals surface area contributed by atoms with Crippen LogP contribution in [0.15, 0.2) is 52.2 Å². The number of nitro benzene ring substituents is 1. The Bertz CT molecular complexity index is 984. The molecule has 0 atom stereocenters. The van der Waals surface area contributed by atoms with Gasteiger partial charge in [0.25, 0.3) is 11.2 Å². The van der Waals surface area contributed by atoms with Crippen LogP contribution in [0.2, 0.25) is 0 Å². The van der Waals surface area contributed by atoms with Crippen LogP contribution < -0.4 is 5.56 Å². The average Bonchev–Trinajstić information content (AvgIpc) is 2.58. The van der Waals surface area contributed by atoms with E-state index in [2.05, 4.69) is 4.98 Å². The number of thioether (sulfide) groups is 1. The van der Waals surface area contributed by atoms with Crippen LogP contribution in [0.1, 0.15) is 11.4 Å². The van der Waals surface area contributed by atoms with Crippen LogP contribution in [0.4, 0.5) is 5.69 Å². The van der Waals surface area contributed by atoms with Crippen molar-refractivity contribution < 1.29 is 4.92 Å². The summed E-state index contributed by atoms with van der Waals surface area (Å²) >= 11 is 1.48. The van der Waals surface area contributed by atoms with Gasteiger partial charge in [0.1, 0.15) is 11.2 Å². The molecular formula is C17H15N3O3S. The predicted molar refractivity (Wildman–Crippen MR) is 94.4 cm³/mol. The molecule has 0 aliphatic rings. The molecule has 0 aliphatic carbocycles. The van der Waals surface area contributed by atoms with Crippen molar-refractivity contribution >= 4 is 28.4 Å². The molecule has 0 saturated carbocycles. The zero-order valence-electron chi connectivity index (χ0n) is 13.2. The second-order valence-corrected chi connectivity index (χ2v) is 6.44. The number of aromatic nitrogens is 2. The van der Waals surface area contributed by atoms with Gasteiger partial charge in [0.2, 0.25) is 0 Å². The van der Waals surface area contributed by atoms with Gasteiger partial charge in [-0.25, -0.2) is 4.98 Å². The Hall–Kier alpha value is -2.67. The van der Waals surface area contributed by atoms with Crippen molar-refractivity contribution in [2.45, 2.75) is 17.6 Å². The molecule has 0 amide bonds. The van der Waals surface area contributed by atoms with Gasteiger partial charge in [-0.2, -0.15) is 0 Å². The largest absolute Gasteiger partial charge is 0.299 e. The second kappa shape index (κ2) is 6.45. The molecule has 0 fully saturated rings. The van der Waals surface area contributed by atoms with Crippen LogP contribution in [-0.2, 0) is 12.8 Å². The van der Waals surface area contributed by atoms with Crippen molar-refractivity contribution in [1.29, 1.82) is 0 Å². The monoisotopic (exact) mass is 341 g/mol. The molecule has 0 radical (unpaired) electrons. The zero-order chi connectivity index (χ0) is 17.3. The van der Waals surface area contributed by atoms with Crippen LogP contribution >= 0.6 is 11.8 Å². The Morgan fingerprint density at radius 1 is 1.25 bits per heavy atom. The molecule has 1 aromatic heterocycles. The van der Waals surface area contributed by atoms with E-state index in [9.17, 15) is 14.9 Å². The molecule has 2 aromatic carbocycles. The summed E-state index contributed by atoms with van der Waals surface area (Å²) in [5.41, 5.74) is 0.888. The fraction of sp³-hybridized carbons (Fsp3) is 0.176. The van der Waals surface area contributed by atoms with Crippen LogP contribution in [0, 0.1) is 17.0 Å². The van der Waals surface area contributed by atoms with Crippen LogP contribution in [0.3, 0.4) is 0 Å². The van der Waals surface area contributed by atoms with Crippen molar-refractivity contribution in [3.05, 3.63) is 74.3 Å². The Balaban J connectivity index is 2.09. The Labute approximate surface area is 142 Å². The van der Waals surface area contributed by atoms with Gasteiger partial charge in [-0.1, -0.05) is 30.3 Å². The quantitative estimate of drug-likeness (QED) is 0.413. The molecule has 6 nitrogen and oxygen atoms in total. The minimum Gasteiger partial charge on any atom is -0.299 e. The first-order chi connectivity index (χ1) is 11.5. The fourth-order valence-corrected chi connectivity index (χ4v) is 3.34. The maximum absolute atomic E-state index is 12.4. The van der Waals surface area contributed by atoms with E-state index in [4.69, 9.17) is 0 Å². The first-order valence-electron chi connectivity index (χ1n) is 7.30. The fourth-order valence-electron chi connectivity index (χ4n) is 2.43. The summed E-state index contributed by atoms with van der Waals surface area (Å²) < 4.78 is 1.33. The average molecular weight is 341 g/mol.